The fraction of sp³-hybridized carbons (Fsp3) is 0.462. The van der Waals surface area contributed by atoms with Crippen LogP contribution < -0.4 is 11.1 Å². The molecule has 0 radical (unpaired) electrons. The summed E-state index contributed by atoms with van der Waals surface area (Å²) in [6, 6.07) is 6.36. The Hall–Kier alpha value is -1.42. The Morgan fingerprint density at radius 3 is 2.41 bits per heavy atom. The first-order chi connectivity index (χ1) is 8.16. The van der Waals surface area contributed by atoms with Crippen molar-refractivity contribution in [1.29, 1.82) is 0 Å². The van der Waals surface area contributed by atoms with E-state index in [1.807, 2.05) is 0 Å². The second-order valence-electron chi connectivity index (χ2n) is 4.55. The van der Waals surface area contributed by atoms with E-state index < -0.39 is 0 Å². The highest BCUT2D eigenvalue weighted by Crippen LogP contribution is 2.38. The van der Waals surface area contributed by atoms with Gasteiger partial charge in [0.05, 0.1) is 12.1 Å². The number of carbonyl (C=O) groups excluding carboxylic acids is 1. The molecule has 3 N–H and O–H groups in total. The minimum atomic E-state index is -0.343. The number of nitrogens with one attached hydrogen (secondary N) is 1. The van der Waals surface area contributed by atoms with Gasteiger partial charge in [0.1, 0.15) is 5.82 Å². The topological polar surface area (TPSA) is 55.1 Å². The summed E-state index contributed by atoms with van der Waals surface area (Å²) in [6.07, 6.45) is 3.93. The first-order valence-corrected chi connectivity index (χ1v) is 5.93. The van der Waals surface area contributed by atoms with Crippen LogP contribution in [0, 0.1) is 5.82 Å². The van der Waals surface area contributed by atoms with Crippen molar-refractivity contribution in [3.63, 3.8) is 0 Å². The quantitative estimate of drug-likeness (QED) is 0.838. The summed E-state index contributed by atoms with van der Waals surface area (Å²) in [5.41, 5.74) is 5.97. The Kier molecular flexibility index (Phi) is 3.43. The second-order valence-corrected chi connectivity index (χ2v) is 4.55. The highest BCUT2D eigenvalue weighted by molar-refractivity contribution is 5.78. The van der Waals surface area contributed by atoms with Gasteiger partial charge in [-0.3, -0.25) is 4.79 Å². The van der Waals surface area contributed by atoms with Crippen molar-refractivity contribution < 1.29 is 9.18 Å². The molecule has 17 heavy (non-hydrogen) atoms. The van der Waals surface area contributed by atoms with Crippen LogP contribution in [0.25, 0.3) is 0 Å². The van der Waals surface area contributed by atoms with Gasteiger partial charge in [-0.2, -0.15) is 0 Å². The molecule has 3 nitrogen and oxygen atoms in total. The van der Waals surface area contributed by atoms with Crippen molar-refractivity contribution in [2.45, 2.75) is 31.2 Å². The van der Waals surface area contributed by atoms with E-state index in [0.717, 1.165) is 31.2 Å². The Labute approximate surface area is 100 Å². The molecule has 0 aromatic heterocycles. The summed E-state index contributed by atoms with van der Waals surface area (Å²) >= 11 is 0. The summed E-state index contributed by atoms with van der Waals surface area (Å²) < 4.78 is 12.9. The first-order valence-electron chi connectivity index (χ1n) is 5.93. The smallest absolute Gasteiger partial charge is 0.234 e. The van der Waals surface area contributed by atoms with Gasteiger partial charge in [-0.25, -0.2) is 4.39 Å². The van der Waals surface area contributed by atoms with Crippen LogP contribution in [0.1, 0.15) is 31.2 Å². The van der Waals surface area contributed by atoms with Gasteiger partial charge in [0, 0.05) is 0 Å². The molecule has 92 valence electrons. The molecule has 0 bridgehead atoms. The lowest BCUT2D eigenvalue weighted by atomic mass is 9.88. The summed E-state index contributed by atoms with van der Waals surface area (Å²) in [5, 5.41) is 2.99. The van der Waals surface area contributed by atoms with Crippen LogP contribution in [0.3, 0.4) is 0 Å². The number of amides is 1. The van der Waals surface area contributed by atoms with Crippen LogP contribution in [-0.2, 0) is 10.3 Å². The molecule has 1 aromatic rings. The monoisotopic (exact) mass is 236 g/mol. The molecule has 0 unspecified atom stereocenters. The fourth-order valence-electron chi connectivity index (χ4n) is 2.55. The van der Waals surface area contributed by atoms with E-state index in [-0.39, 0.29) is 23.8 Å². The summed E-state index contributed by atoms with van der Waals surface area (Å²) in [5.74, 6) is -0.414. The van der Waals surface area contributed by atoms with E-state index in [4.69, 9.17) is 5.73 Å². The van der Waals surface area contributed by atoms with E-state index in [0.29, 0.717) is 0 Å². The lowest BCUT2D eigenvalue weighted by Crippen LogP contribution is -2.46. The minimum Gasteiger partial charge on any atom is -0.345 e. The molecule has 1 aliphatic carbocycles. The zero-order valence-electron chi connectivity index (χ0n) is 9.71. The van der Waals surface area contributed by atoms with Gasteiger partial charge in [-0.05, 0) is 30.5 Å². The highest BCUT2D eigenvalue weighted by Gasteiger charge is 2.36. The van der Waals surface area contributed by atoms with Gasteiger partial charge in [0.2, 0.25) is 5.91 Å². The number of benzene rings is 1. The molecule has 1 aromatic carbocycles. The van der Waals surface area contributed by atoms with Crippen LogP contribution >= 0.6 is 0 Å². The average molecular weight is 236 g/mol. The number of nitrogens with two attached hydrogens (primary N) is 1. The number of halogens is 1. The van der Waals surface area contributed by atoms with Crippen LogP contribution in [0.15, 0.2) is 24.3 Å². The van der Waals surface area contributed by atoms with Gasteiger partial charge in [-0.15, -0.1) is 0 Å². The molecule has 0 heterocycles. The zero-order chi connectivity index (χ0) is 12.3. The van der Waals surface area contributed by atoms with E-state index in [9.17, 15) is 9.18 Å². The molecule has 1 amide bonds. The van der Waals surface area contributed by atoms with Crippen molar-refractivity contribution in [3.8, 4) is 0 Å². The third kappa shape index (κ3) is 2.47. The van der Waals surface area contributed by atoms with Gasteiger partial charge < -0.3 is 11.1 Å². The molecular weight excluding hydrogens is 219 g/mol. The molecule has 1 fully saturated rings. The molecule has 2 rings (SSSR count). The fourth-order valence-corrected chi connectivity index (χ4v) is 2.55. The molecular formula is C13H17FN2O. The third-order valence-corrected chi connectivity index (χ3v) is 3.42. The second kappa shape index (κ2) is 4.84. The SMILES string of the molecule is NCC(=O)NC1(c2ccc(F)cc2)CCCC1. The number of hydrogen-bond acceptors (Lipinski definition) is 2. The van der Waals surface area contributed by atoms with Crippen molar-refractivity contribution in [2.24, 2.45) is 5.73 Å². The zero-order valence-corrected chi connectivity index (χ0v) is 9.71. The Morgan fingerprint density at radius 2 is 1.88 bits per heavy atom. The maximum absolute atomic E-state index is 12.9. The lowest BCUT2D eigenvalue weighted by molar-refractivity contribution is -0.121. The molecule has 0 spiro atoms. The van der Waals surface area contributed by atoms with E-state index >= 15 is 0 Å². The van der Waals surface area contributed by atoms with Gasteiger partial charge in [0.15, 0.2) is 0 Å². The molecule has 0 atom stereocenters. The maximum atomic E-state index is 12.9. The van der Waals surface area contributed by atoms with Crippen LogP contribution in [0.2, 0.25) is 0 Å². The lowest BCUT2D eigenvalue weighted by Gasteiger charge is -2.31. The van der Waals surface area contributed by atoms with Crippen molar-refractivity contribution in [1.82, 2.24) is 5.32 Å². The van der Waals surface area contributed by atoms with E-state index in [1.54, 1.807) is 12.1 Å². The Bertz CT molecular complexity index is 396. The normalized spacial score (nSPS) is 18.0. The molecule has 0 aliphatic heterocycles. The summed E-state index contributed by atoms with van der Waals surface area (Å²) in [6.45, 7) is -0.0110. The predicted molar refractivity (Wildman–Crippen MR) is 63.7 cm³/mol. The van der Waals surface area contributed by atoms with Crippen molar-refractivity contribution in [2.75, 3.05) is 6.54 Å². The standard InChI is InChI=1S/C13H17FN2O/c14-11-5-3-10(4-6-11)13(7-1-2-8-13)16-12(17)9-15/h3-6H,1-2,7-9,15H2,(H,16,17). The third-order valence-electron chi connectivity index (χ3n) is 3.42. The van der Waals surface area contributed by atoms with Gasteiger partial charge in [0.25, 0.3) is 0 Å². The van der Waals surface area contributed by atoms with E-state index in [2.05, 4.69) is 5.32 Å². The highest BCUT2D eigenvalue weighted by atomic mass is 19.1. The van der Waals surface area contributed by atoms with Crippen molar-refractivity contribution in [3.05, 3.63) is 35.6 Å². The van der Waals surface area contributed by atoms with Gasteiger partial charge >= 0.3 is 0 Å². The summed E-state index contributed by atoms with van der Waals surface area (Å²) in [4.78, 5) is 11.5. The molecule has 0 saturated heterocycles. The largest absolute Gasteiger partial charge is 0.345 e. The Morgan fingerprint density at radius 1 is 1.29 bits per heavy atom. The Balaban J connectivity index is 2.27. The molecule has 4 heteroatoms. The molecule has 1 aliphatic rings. The van der Waals surface area contributed by atoms with Crippen molar-refractivity contribution >= 4 is 5.91 Å². The minimum absolute atomic E-state index is 0.0110. The molecule has 1 saturated carbocycles. The van der Waals surface area contributed by atoms with Gasteiger partial charge in [-0.1, -0.05) is 25.0 Å². The van der Waals surface area contributed by atoms with E-state index in [1.165, 1.54) is 12.1 Å². The number of rotatable bonds is 3. The average Bonchev–Trinajstić information content (AvgIpc) is 2.79. The first kappa shape index (κ1) is 12.0. The summed E-state index contributed by atoms with van der Waals surface area (Å²) in [7, 11) is 0. The number of hydrogen-bond donors (Lipinski definition) is 2. The maximum Gasteiger partial charge on any atom is 0.234 e. The van der Waals surface area contributed by atoms with Crippen LogP contribution in [0.4, 0.5) is 4.39 Å². The van der Waals surface area contributed by atoms with Crippen LogP contribution in [-0.4, -0.2) is 12.5 Å². The number of carbonyl (C=O) groups is 1. The predicted octanol–water partition coefficient (Wildman–Crippen LogP) is 1.67. The van der Waals surface area contributed by atoms with Crippen LogP contribution in [0.5, 0.6) is 0 Å².